The number of hydrogen-bond donors (Lipinski definition) is 3. The van der Waals surface area contributed by atoms with Gasteiger partial charge in [-0.15, -0.1) is 0 Å². The molecular weight excluding hydrogens is 380 g/mol. The molecule has 0 amide bonds. The van der Waals surface area contributed by atoms with Crippen LogP contribution in [0.15, 0.2) is 35.5 Å². The van der Waals surface area contributed by atoms with Gasteiger partial charge in [-0.05, 0) is 83.0 Å². The number of ether oxygens (including phenoxy) is 2. The Balaban J connectivity index is 1.72. The zero-order valence-electron chi connectivity index (χ0n) is 18.8. The molecule has 2 aliphatic carbocycles. The molecule has 1 aliphatic heterocycles. The molecule has 0 unspecified atom stereocenters. The quantitative estimate of drug-likeness (QED) is 0.547. The summed E-state index contributed by atoms with van der Waals surface area (Å²) in [5.74, 6) is 1.91. The number of fused-ring (bicyclic) bond motifs is 1. The van der Waals surface area contributed by atoms with Crippen LogP contribution in [0.3, 0.4) is 0 Å². The van der Waals surface area contributed by atoms with E-state index in [0.29, 0.717) is 30.3 Å². The maximum atomic E-state index is 10.2. The normalized spacial score (nSPS) is 37.9. The molecule has 0 aromatic carbocycles. The molecule has 0 spiro atoms. The predicted molar refractivity (Wildman–Crippen MR) is 118 cm³/mol. The molecule has 1 heterocycles. The summed E-state index contributed by atoms with van der Waals surface area (Å²) in [6.45, 7) is 11.3. The van der Waals surface area contributed by atoms with E-state index < -0.39 is 24.6 Å². The lowest BCUT2D eigenvalue weighted by Gasteiger charge is -2.45. The van der Waals surface area contributed by atoms with Crippen molar-refractivity contribution < 1.29 is 24.8 Å². The SMILES string of the molecule is C=C1CC[C@@H]([C@H](CCC=C(C)C)CO[C@@H]2OC[C@@H](O)[C@H](O)[C@H]2O)[C@@H]2C=C(C)CC[C@H]12. The predicted octanol–water partition coefficient (Wildman–Crippen LogP) is 3.74. The van der Waals surface area contributed by atoms with Crippen molar-refractivity contribution in [2.45, 2.75) is 83.9 Å². The lowest BCUT2D eigenvalue weighted by molar-refractivity contribution is -0.274. The minimum absolute atomic E-state index is 0.0266. The molecule has 3 N–H and O–H groups in total. The molecule has 1 saturated carbocycles. The van der Waals surface area contributed by atoms with E-state index >= 15 is 0 Å². The van der Waals surface area contributed by atoms with Crippen molar-refractivity contribution in [1.29, 1.82) is 0 Å². The Bertz CT molecular complexity index is 650. The average Bonchev–Trinajstić information content (AvgIpc) is 2.70. The summed E-state index contributed by atoms with van der Waals surface area (Å²) in [6, 6.07) is 0. The minimum atomic E-state index is -1.24. The van der Waals surface area contributed by atoms with Gasteiger partial charge in [-0.25, -0.2) is 0 Å². The molecule has 0 bridgehead atoms. The first kappa shape index (κ1) is 23.7. The summed E-state index contributed by atoms with van der Waals surface area (Å²) in [5.41, 5.74) is 4.19. The Hall–Kier alpha value is -0.980. The smallest absolute Gasteiger partial charge is 0.186 e. The number of rotatable bonds is 7. The number of aliphatic hydroxyl groups excluding tert-OH is 3. The van der Waals surface area contributed by atoms with Crippen LogP contribution in [0.5, 0.6) is 0 Å². The summed E-state index contributed by atoms with van der Waals surface area (Å²) >= 11 is 0. The standard InChI is InChI=1S/C25H40O5/c1-15(2)6-5-7-18(13-29-25-24(28)23(27)22(26)14-30-25)20-11-9-17(4)19-10-8-16(3)12-21(19)20/h6,12,18-28H,4-5,7-11,13-14H2,1-3H3/t18-,19-,20+,21-,22-,23+,24-,25-/m1/s1. The van der Waals surface area contributed by atoms with Crippen molar-refractivity contribution in [2.24, 2.45) is 23.7 Å². The van der Waals surface area contributed by atoms with Crippen LogP contribution in [0.25, 0.3) is 0 Å². The molecule has 0 aromatic heterocycles. The van der Waals surface area contributed by atoms with E-state index in [1.54, 1.807) is 0 Å². The highest BCUT2D eigenvalue weighted by molar-refractivity contribution is 5.19. The van der Waals surface area contributed by atoms with E-state index in [-0.39, 0.29) is 6.61 Å². The molecule has 0 aromatic rings. The van der Waals surface area contributed by atoms with Crippen molar-refractivity contribution in [3.8, 4) is 0 Å². The number of allylic oxidation sites excluding steroid dienone is 5. The van der Waals surface area contributed by atoms with Crippen molar-refractivity contribution in [3.05, 3.63) is 35.5 Å². The molecule has 5 nitrogen and oxygen atoms in total. The second-order valence-electron chi connectivity index (χ2n) is 9.80. The van der Waals surface area contributed by atoms with Crippen LogP contribution in [0.4, 0.5) is 0 Å². The maximum Gasteiger partial charge on any atom is 0.186 e. The molecule has 0 radical (unpaired) electrons. The van der Waals surface area contributed by atoms with Gasteiger partial charge in [0.1, 0.15) is 18.3 Å². The largest absolute Gasteiger partial charge is 0.388 e. The third-order valence-electron chi connectivity index (χ3n) is 7.23. The number of hydrogen-bond acceptors (Lipinski definition) is 5. The molecule has 3 rings (SSSR count). The van der Waals surface area contributed by atoms with Gasteiger partial charge in [0.25, 0.3) is 0 Å². The second-order valence-corrected chi connectivity index (χ2v) is 9.80. The van der Waals surface area contributed by atoms with Gasteiger partial charge >= 0.3 is 0 Å². The fraction of sp³-hybridized carbons (Fsp3) is 0.760. The van der Waals surface area contributed by atoms with Gasteiger partial charge in [-0.1, -0.05) is 35.5 Å². The van der Waals surface area contributed by atoms with Crippen molar-refractivity contribution >= 4 is 0 Å². The fourth-order valence-corrected chi connectivity index (χ4v) is 5.43. The molecule has 5 heteroatoms. The highest BCUT2D eigenvalue weighted by Gasteiger charge is 2.41. The lowest BCUT2D eigenvalue weighted by atomic mass is 9.61. The van der Waals surface area contributed by atoms with Crippen LogP contribution in [0.2, 0.25) is 0 Å². The van der Waals surface area contributed by atoms with Gasteiger partial charge in [-0.2, -0.15) is 0 Å². The van der Waals surface area contributed by atoms with Gasteiger partial charge < -0.3 is 24.8 Å². The van der Waals surface area contributed by atoms with E-state index in [1.165, 1.54) is 23.1 Å². The van der Waals surface area contributed by atoms with Crippen LogP contribution in [-0.4, -0.2) is 53.1 Å². The van der Waals surface area contributed by atoms with Crippen LogP contribution in [0, 0.1) is 23.7 Å². The van der Waals surface area contributed by atoms with Crippen molar-refractivity contribution in [2.75, 3.05) is 13.2 Å². The van der Waals surface area contributed by atoms with Gasteiger partial charge in [0, 0.05) is 0 Å². The molecular formula is C25H40O5. The summed E-state index contributed by atoms with van der Waals surface area (Å²) in [7, 11) is 0. The molecule has 3 aliphatic rings. The molecule has 30 heavy (non-hydrogen) atoms. The summed E-state index contributed by atoms with van der Waals surface area (Å²) in [5, 5.41) is 29.9. The molecule has 1 saturated heterocycles. The van der Waals surface area contributed by atoms with E-state index in [0.717, 1.165) is 32.1 Å². The zero-order chi connectivity index (χ0) is 21.8. The van der Waals surface area contributed by atoms with E-state index in [1.807, 2.05) is 0 Å². The van der Waals surface area contributed by atoms with E-state index in [2.05, 4.69) is 39.5 Å². The van der Waals surface area contributed by atoms with Crippen LogP contribution >= 0.6 is 0 Å². The molecule has 8 atom stereocenters. The Kier molecular flexibility index (Phi) is 8.33. The van der Waals surface area contributed by atoms with Crippen molar-refractivity contribution in [3.63, 3.8) is 0 Å². The maximum absolute atomic E-state index is 10.2. The Morgan fingerprint density at radius 1 is 1.23 bits per heavy atom. The van der Waals surface area contributed by atoms with E-state index in [9.17, 15) is 15.3 Å². The van der Waals surface area contributed by atoms with Gasteiger partial charge in [0.15, 0.2) is 6.29 Å². The summed E-state index contributed by atoms with van der Waals surface area (Å²) in [4.78, 5) is 0. The Morgan fingerprint density at radius 2 is 2.00 bits per heavy atom. The van der Waals surface area contributed by atoms with Gasteiger partial charge in [0.05, 0.1) is 13.2 Å². The Morgan fingerprint density at radius 3 is 2.73 bits per heavy atom. The van der Waals surface area contributed by atoms with Crippen molar-refractivity contribution in [1.82, 2.24) is 0 Å². The van der Waals surface area contributed by atoms with Crippen LogP contribution < -0.4 is 0 Å². The highest BCUT2D eigenvalue weighted by Crippen LogP contribution is 2.48. The fourth-order valence-electron chi connectivity index (χ4n) is 5.43. The Labute approximate surface area is 181 Å². The van der Waals surface area contributed by atoms with Crippen LogP contribution in [0.1, 0.15) is 59.3 Å². The molecule has 170 valence electrons. The summed E-state index contributed by atoms with van der Waals surface area (Å²) in [6.07, 6.45) is 6.88. The van der Waals surface area contributed by atoms with E-state index in [4.69, 9.17) is 9.47 Å². The van der Waals surface area contributed by atoms with Gasteiger partial charge in [-0.3, -0.25) is 0 Å². The molecule has 2 fully saturated rings. The highest BCUT2D eigenvalue weighted by atomic mass is 16.7. The first-order chi connectivity index (χ1) is 14.3. The first-order valence-corrected chi connectivity index (χ1v) is 11.5. The monoisotopic (exact) mass is 420 g/mol. The third-order valence-corrected chi connectivity index (χ3v) is 7.23. The third kappa shape index (κ3) is 5.63. The second kappa shape index (κ2) is 10.6. The van der Waals surface area contributed by atoms with Gasteiger partial charge in [0.2, 0.25) is 0 Å². The lowest BCUT2D eigenvalue weighted by Crippen LogP contribution is -2.54. The average molecular weight is 421 g/mol. The topological polar surface area (TPSA) is 79.2 Å². The summed E-state index contributed by atoms with van der Waals surface area (Å²) < 4.78 is 11.5. The zero-order valence-corrected chi connectivity index (χ0v) is 18.8. The first-order valence-electron chi connectivity index (χ1n) is 11.5. The minimum Gasteiger partial charge on any atom is -0.388 e. The number of aliphatic hydroxyl groups is 3. The van der Waals surface area contributed by atoms with Crippen LogP contribution in [-0.2, 0) is 9.47 Å².